The minimum absolute atomic E-state index is 0.0470. The number of anilines is 2. The molecule has 0 spiro atoms. The minimum atomic E-state index is -0.485. The standard InChI is InChI=1S/C14H14FN3O2/c15-11-3-1-10(2-4-11)5-6-17-13-7-12(16)8-14(9-13)18(19)20/h1-4,7-9,17H,5-6,16H2. The van der Waals surface area contributed by atoms with Crippen LogP contribution in [0.25, 0.3) is 0 Å². The van der Waals surface area contributed by atoms with Gasteiger partial charge in [-0.1, -0.05) is 12.1 Å². The van der Waals surface area contributed by atoms with Gasteiger partial charge in [0.05, 0.1) is 4.92 Å². The number of benzene rings is 2. The Morgan fingerprint density at radius 3 is 2.55 bits per heavy atom. The SMILES string of the molecule is Nc1cc(NCCc2ccc(F)cc2)cc([N+](=O)[O-])c1. The van der Waals surface area contributed by atoms with E-state index in [1.54, 1.807) is 18.2 Å². The van der Waals surface area contributed by atoms with Gasteiger partial charge < -0.3 is 11.1 Å². The van der Waals surface area contributed by atoms with E-state index in [1.807, 2.05) is 0 Å². The second kappa shape index (κ2) is 6.01. The fourth-order valence-corrected chi connectivity index (χ4v) is 1.84. The van der Waals surface area contributed by atoms with Crippen LogP contribution in [-0.4, -0.2) is 11.5 Å². The van der Waals surface area contributed by atoms with Crippen molar-refractivity contribution in [1.82, 2.24) is 0 Å². The fourth-order valence-electron chi connectivity index (χ4n) is 1.84. The van der Waals surface area contributed by atoms with Crippen LogP contribution in [0.3, 0.4) is 0 Å². The van der Waals surface area contributed by atoms with Crippen LogP contribution in [0, 0.1) is 15.9 Å². The topological polar surface area (TPSA) is 81.2 Å². The number of rotatable bonds is 5. The lowest BCUT2D eigenvalue weighted by molar-refractivity contribution is -0.384. The van der Waals surface area contributed by atoms with Crippen LogP contribution < -0.4 is 11.1 Å². The van der Waals surface area contributed by atoms with Gasteiger partial charge in [-0.05, 0) is 30.2 Å². The van der Waals surface area contributed by atoms with E-state index in [4.69, 9.17) is 5.73 Å². The summed E-state index contributed by atoms with van der Waals surface area (Å²) < 4.78 is 12.7. The van der Waals surface area contributed by atoms with Crippen molar-refractivity contribution in [3.05, 3.63) is 64.0 Å². The molecule has 2 rings (SSSR count). The zero-order chi connectivity index (χ0) is 14.5. The molecular weight excluding hydrogens is 261 g/mol. The molecule has 0 heterocycles. The van der Waals surface area contributed by atoms with Gasteiger partial charge in [-0.25, -0.2) is 4.39 Å². The number of nitrogens with one attached hydrogen (secondary N) is 1. The molecule has 3 N–H and O–H groups in total. The second-order valence-electron chi connectivity index (χ2n) is 4.37. The normalized spacial score (nSPS) is 10.2. The Bertz CT molecular complexity index is 614. The van der Waals surface area contributed by atoms with E-state index in [9.17, 15) is 14.5 Å². The molecule has 0 unspecified atom stereocenters. The third-order valence-electron chi connectivity index (χ3n) is 2.81. The molecule has 2 aromatic carbocycles. The monoisotopic (exact) mass is 275 g/mol. The van der Waals surface area contributed by atoms with Crippen molar-refractivity contribution < 1.29 is 9.31 Å². The maximum Gasteiger partial charge on any atom is 0.273 e. The van der Waals surface area contributed by atoms with Gasteiger partial charge in [0.2, 0.25) is 0 Å². The van der Waals surface area contributed by atoms with Crippen LogP contribution in [0.15, 0.2) is 42.5 Å². The average molecular weight is 275 g/mol. The maximum atomic E-state index is 12.7. The summed E-state index contributed by atoms with van der Waals surface area (Å²) in [7, 11) is 0. The van der Waals surface area contributed by atoms with Crippen molar-refractivity contribution in [1.29, 1.82) is 0 Å². The van der Waals surface area contributed by atoms with E-state index in [2.05, 4.69) is 5.32 Å². The van der Waals surface area contributed by atoms with E-state index in [0.717, 1.165) is 5.56 Å². The Hall–Kier alpha value is -2.63. The molecule has 0 aliphatic heterocycles. The Morgan fingerprint density at radius 1 is 1.20 bits per heavy atom. The van der Waals surface area contributed by atoms with Gasteiger partial charge in [0.15, 0.2) is 0 Å². The lowest BCUT2D eigenvalue weighted by Gasteiger charge is -2.07. The van der Waals surface area contributed by atoms with Crippen LogP contribution in [0.5, 0.6) is 0 Å². The van der Waals surface area contributed by atoms with E-state index >= 15 is 0 Å². The van der Waals surface area contributed by atoms with Crippen molar-refractivity contribution >= 4 is 17.1 Å². The summed E-state index contributed by atoms with van der Waals surface area (Å²) in [6.07, 6.45) is 0.683. The first-order valence-electron chi connectivity index (χ1n) is 6.08. The Labute approximate surface area is 115 Å². The van der Waals surface area contributed by atoms with Crippen LogP contribution in [-0.2, 0) is 6.42 Å². The van der Waals surface area contributed by atoms with Crippen molar-refractivity contribution in [2.75, 3.05) is 17.6 Å². The highest BCUT2D eigenvalue weighted by Crippen LogP contribution is 2.22. The molecular formula is C14H14FN3O2. The first-order valence-corrected chi connectivity index (χ1v) is 6.08. The highest BCUT2D eigenvalue weighted by molar-refractivity contribution is 5.61. The highest BCUT2D eigenvalue weighted by atomic mass is 19.1. The maximum absolute atomic E-state index is 12.7. The van der Waals surface area contributed by atoms with Gasteiger partial charge in [-0.2, -0.15) is 0 Å². The van der Waals surface area contributed by atoms with E-state index < -0.39 is 4.92 Å². The summed E-state index contributed by atoms with van der Waals surface area (Å²) in [6.45, 7) is 0.576. The third-order valence-corrected chi connectivity index (χ3v) is 2.81. The third kappa shape index (κ3) is 3.68. The molecule has 0 radical (unpaired) electrons. The number of nitro benzene ring substituents is 1. The van der Waals surface area contributed by atoms with E-state index in [0.29, 0.717) is 24.3 Å². The molecule has 6 heteroatoms. The van der Waals surface area contributed by atoms with Gasteiger partial charge >= 0.3 is 0 Å². The summed E-state index contributed by atoms with van der Waals surface area (Å²) >= 11 is 0. The predicted octanol–water partition coefficient (Wildman–Crippen LogP) is 2.97. The van der Waals surface area contributed by atoms with E-state index in [-0.39, 0.29) is 11.5 Å². The molecule has 0 atom stereocenters. The summed E-state index contributed by atoms with van der Waals surface area (Å²) in [6, 6.07) is 10.6. The van der Waals surface area contributed by atoms with Crippen molar-refractivity contribution in [2.24, 2.45) is 0 Å². The lowest BCUT2D eigenvalue weighted by atomic mass is 10.1. The summed E-state index contributed by atoms with van der Waals surface area (Å²) in [5, 5.41) is 13.8. The second-order valence-corrected chi connectivity index (χ2v) is 4.37. The summed E-state index contributed by atoms with van der Waals surface area (Å²) in [4.78, 5) is 10.2. The Kier molecular flexibility index (Phi) is 4.14. The number of nitrogen functional groups attached to an aromatic ring is 1. The molecule has 0 saturated carbocycles. The molecule has 0 aliphatic carbocycles. The first kappa shape index (κ1) is 13.8. The number of hydrogen-bond donors (Lipinski definition) is 2. The van der Waals surface area contributed by atoms with E-state index in [1.165, 1.54) is 24.3 Å². The Balaban J connectivity index is 1.97. The molecule has 0 amide bonds. The molecule has 20 heavy (non-hydrogen) atoms. The quantitative estimate of drug-likeness (QED) is 0.499. The van der Waals surface area contributed by atoms with Crippen LogP contribution in [0.2, 0.25) is 0 Å². The summed E-state index contributed by atoms with van der Waals surface area (Å²) in [5.41, 5.74) is 7.48. The average Bonchev–Trinajstić information content (AvgIpc) is 2.40. The van der Waals surface area contributed by atoms with Gasteiger partial charge in [0, 0.05) is 30.1 Å². The molecule has 0 fully saturated rings. The van der Waals surface area contributed by atoms with Gasteiger partial charge in [0.1, 0.15) is 5.82 Å². The smallest absolute Gasteiger partial charge is 0.273 e. The predicted molar refractivity (Wildman–Crippen MR) is 76.1 cm³/mol. The molecule has 0 aliphatic rings. The molecule has 0 bridgehead atoms. The van der Waals surface area contributed by atoms with Gasteiger partial charge in [-0.3, -0.25) is 10.1 Å². The van der Waals surface area contributed by atoms with Gasteiger partial charge in [0.25, 0.3) is 5.69 Å². The lowest BCUT2D eigenvalue weighted by Crippen LogP contribution is -2.05. The fraction of sp³-hybridized carbons (Fsp3) is 0.143. The highest BCUT2D eigenvalue weighted by Gasteiger charge is 2.08. The number of nitrogens with zero attached hydrogens (tertiary/aromatic N) is 1. The molecule has 0 aromatic heterocycles. The number of halogens is 1. The molecule has 5 nitrogen and oxygen atoms in total. The van der Waals surface area contributed by atoms with Crippen LogP contribution in [0.1, 0.15) is 5.56 Å². The van der Waals surface area contributed by atoms with Crippen LogP contribution in [0.4, 0.5) is 21.5 Å². The van der Waals surface area contributed by atoms with Crippen molar-refractivity contribution in [3.8, 4) is 0 Å². The number of hydrogen-bond acceptors (Lipinski definition) is 4. The zero-order valence-electron chi connectivity index (χ0n) is 10.7. The van der Waals surface area contributed by atoms with Gasteiger partial charge in [-0.15, -0.1) is 0 Å². The summed E-state index contributed by atoms with van der Waals surface area (Å²) in [5.74, 6) is -0.270. The van der Waals surface area contributed by atoms with Crippen LogP contribution >= 0.6 is 0 Å². The minimum Gasteiger partial charge on any atom is -0.398 e. The number of non-ortho nitro benzene ring substituents is 1. The van der Waals surface area contributed by atoms with Crippen molar-refractivity contribution in [3.63, 3.8) is 0 Å². The molecule has 104 valence electrons. The number of nitro groups is 1. The zero-order valence-corrected chi connectivity index (χ0v) is 10.7. The Morgan fingerprint density at radius 2 is 1.90 bits per heavy atom. The largest absolute Gasteiger partial charge is 0.398 e. The number of nitrogens with two attached hydrogens (primary N) is 1. The van der Waals surface area contributed by atoms with Crippen molar-refractivity contribution in [2.45, 2.75) is 6.42 Å². The molecule has 2 aromatic rings. The molecule has 0 saturated heterocycles. The first-order chi connectivity index (χ1) is 9.54.